The van der Waals surface area contributed by atoms with E-state index in [4.69, 9.17) is 0 Å². The molecule has 0 saturated heterocycles. The van der Waals surface area contributed by atoms with Crippen LogP contribution in [0, 0.1) is 6.92 Å². The van der Waals surface area contributed by atoms with Gasteiger partial charge in [0.2, 0.25) is 0 Å². The first-order valence-electron chi connectivity index (χ1n) is 9.74. The van der Waals surface area contributed by atoms with E-state index in [1.165, 1.54) is 15.4 Å². The molecule has 2 heterocycles. The maximum Gasteiger partial charge on any atom is 0.323 e. The van der Waals surface area contributed by atoms with Crippen LogP contribution in [0.4, 0.5) is 0 Å². The summed E-state index contributed by atoms with van der Waals surface area (Å²) in [7, 11) is 0. The summed E-state index contributed by atoms with van der Waals surface area (Å²) in [5, 5.41) is 9.43. The Morgan fingerprint density at radius 2 is 1.67 bits per heavy atom. The van der Waals surface area contributed by atoms with E-state index in [2.05, 4.69) is 47.4 Å². The molecule has 0 aliphatic rings. The topological polar surface area (TPSA) is 55.1 Å². The van der Waals surface area contributed by atoms with Gasteiger partial charge in [-0.15, -0.1) is 0 Å². The van der Waals surface area contributed by atoms with Crippen molar-refractivity contribution >= 4 is 17.7 Å². The van der Waals surface area contributed by atoms with E-state index in [0.29, 0.717) is 0 Å². The Hall–Kier alpha value is -3.31. The van der Waals surface area contributed by atoms with Crippen LogP contribution in [0.5, 0.6) is 0 Å². The lowest BCUT2D eigenvalue weighted by Gasteiger charge is -2.11. The number of aliphatic carboxylic acids is 1. The van der Waals surface area contributed by atoms with Crippen LogP contribution in [0.3, 0.4) is 0 Å². The lowest BCUT2D eigenvalue weighted by Crippen LogP contribution is -2.11. The minimum absolute atomic E-state index is 0.0656. The van der Waals surface area contributed by atoms with Crippen LogP contribution in [-0.4, -0.2) is 20.6 Å². The van der Waals surface area contributed by atoms with Gasteiger partial charge in [-0.25, -0.2) is 0 Å². The molecule has 5 heteroatoms. The number of carbonyl (C=O) groups is 1. The average molecular weight is 415 g/mol. The summed E-state index contributed by atoms with van der Waals surface area (Å²) in [6.45, 7) is 1.93. The van der Waals surface area contributed by atoms with Gasteiger partial charge in [0.05, 0.1) is 0 Å². The molecule has 4 aromatic rings. The molecular formula is C25H22N2O2S. The molecule has 0 fully saturated rings. The Morgan fingerprint density at radius 1 is 0.967 bits per heavy atom. The number of carboxylic acids is 1. The van der Waals surface area contributed by atoms with Crippen LogP contribution >= 0.6 is 11.8 Å². The molecule has 0 aliphatic heterocycles. The number of carboxylic acid groups (broad SMARTS) is 1. The summed E-state index contributed by atoms with van der Waals surface area (Å²) in [5.74, 6) is -0.851. The van der Waals surface area contributed by atoms with Crippen LogP contribution in [0.2, 0.25) is 0 Å². The normalized spacial score (nSPS) is 10.8. The zero-order valence-corrected chi connectivity index (χ0v) is 17.5. The van der Waals surface area contributed by atoms with Crippen molar-refractivity contribution in [2.45, 2.75) is 29.7 Å². The second kappa shape index (κ2) is 9.01. The third-order valence-corrected chi connectivity index (χ3v) is 6.19. The second-order valence-electron chi connectivity index (χ2n) is 7.06. The highest BCUT2D eigenvalue weighted by atomic mass is 32.2. The Labute approximate surface area is 180 Å². The number of rotatable bonds is 7. The highest BCUT2D eigenvalue weighted by Crippen LogP contribution is 2.33. The van der Waals surface area contributed by atoms with Crippen molar-refractivity contribution in [1.29, 1.82) is 0 Å². The average Bonchev–Trinajstić information content (AvgIpc) is 3.06. The highest BCUT2D eigenvalue weighted by Gasteiger charge is 2.17. The van der Waals surface area contributed by atoms with Gasteiger partial charge in [0.1, 0.15) is 6.54 Å². The predicted molar refractivity (Wildman–Crippen MR) is 120 cm³/mol. The molecule has 4 rings (SSSR count). The van der Waals surface area contributed by atoms with Gasteiger partial charge in [-0.3, -0.25) is 9.78 Å². The molecule has 0 saturated carbocycles. The Morgan fingerprint density at radius 3 is 2.40 bits per heavy atom. The molecule has 0 unspecified atom stereocenters. The molecule has 0 spiro atoms. The largest absolute Gasteiger partial charge is 0.480 e. The Bertz CT molecular complexity index is 1150. The second-order valence-corrected chi connectivity index (χ2v) is 8.17. The number of hydrogen-bond donors (Lipinski definition) is 1. The standard InChI is InChI=1S/C25H22N2O2S/c1-18-21(16-23(27(18)17-25(28)29)19-11-13-26-14-12-19)15-20-7-5-6-10-24(20)30-22-8-3-2-4-9-22/h2-14,16H,15,17H2,1H3,(H,28,29). The smallest absolute Gasteiger partial charge is 0.323 e. The molecule has 150 valence electrons. The third kappa shape index (κ3) is 4.47. The van der Waals surface area contributed by atoms with E-state index in [-0.39, 0.29) is 6.54 Å². The summed E-state index contributed by atoms with van der Waals surface area (Å²) >= 11 is 1.75. The van der Waals surface area contributed by atoms with Crippen molar-refractivity contribution in [1.82, 2.24) is 9.55 Å². The van der Waals surface area contributed by atoms with Gasteiger partial charge in [-0.05, 0) is 54.4 Å². The fourth-order valence-electron chi connectivity index (χ4n) is 3.55. The molecule has 0 amide bonds. The molecule has 0 atom stereocenters. The van der Waals surface area contributed by atoms with Crippen LogP contribution < -0.4 is 0 Å². The molecule has 0 aliphatic carbocycles. The first-order valence-corrected chi connectivity index (χ1v) is 10.6. The number of benzene rings is 2. The monoisotopic (exact) mass is 414 g/mol. The van der Waals surface area contributed by atoms with Gasteiger partial charge in [0.25, 0.3) is 0 Å². The summed E-state index contributed by atoms with van der Waals surface area (Å²) in [6, 6.07) is 24.7. The summed E-state index contributed by atoms with van der Waals surface area (Å²) in [5.41, 5.74) is 5.20. The van der Waals surface area contributed by atoms with Crippen molar-refractivity contribution < 1.29 is 9.90 Å². The zero-order valence-electron chi connectivity index (χ0n) is 16.7. The lowest BCUT2D eigenvalue weighted by atomic mass is 10.0. The molecule has 30 heavy (non-hydrogen) atoms. The van der Waals surface area contributed by atoms with Gasteiger partial charge < -0.3 is 9.67 Å². The number of hydrogen-bond acceptors (Lipinski definition) is 3. The number of pyridine rings is 1. The van der Waals surface area contributed by atoms with Crippen LogP contribution in [0.15, 0.2) is 95.0 Å². The van der Waals surface area contributed by atoms with Gasteiger partial charge in [0.15, 0.2) is 0 Å². The van der Waals surface area contributed by atoms with Crippen molar-refractivity contribution in [2.24, 2.45) is 0 Å². The molecule has 1 N–H and O–H groups in total. The minimum atomic E-state index is -0.851. The van der Waals surface area contributed by atoms with Crippen molar-refractivity contribution in [2.75, 3.05) is 0 Å². The Balaban J connectivity index is 1.71. The van der Waals surface area contributed by atoms with E-state index in [1.807, 2.05) is 41.8 Å². The lowest BCUT2D eigenvalue weighted by molar-refractivity contribution is -0.137. The van der Waals surface area contributed by atoms with Crippen molar-refractivity contribution in [3.8, 4) is 11.3 Å². The number of nitrogens with zero attached hydrogens (tertiary/aromatic N) is 2. The fourth-order valence-corrected chi connectivity index (χ4v) is 4.52. The predicted octanol–water partition coefficient (Wildman–Crippen LogP) is 5.69. The minimum Gasteiger partial charge on any atom is -0.480 e. The van der Waals surface area contributed by atoms with E-state index in [0.717, 1.165) is 28.9 Å². The first kappa shape index (κ1) is 20.0. The summed E-state index contributed by atoms with van der Waals surface area (Å²) < 4.78 is 1.87. The summed E-state index contributed by atoms with van der Waals surface area (Å²) in [6.07, 6.45) is 4.20. The van der Waals surface area contributed by atoms with E-state index in [1.54, 1.807) is 24.2 Å². The highest BCUT2D eigenvalue weighted by molar-refractivity contribution is 7.99. The quantitative estimate of drug-likeness (QED) is 0.422. The maximum absolute atomic E-state index is 11.5. The van der Waals surface area contributed by atoms with Gasteiger partial charge in [0, 0.05) is 45.6 Å². The van der Waals surface area contributed by atoms with E-state index in [9.17, 15) is 9.90 Å². The van der Waals surface area contributed by atoms with Crippen molar-refractivity contribution in [3.05, 3.63) is 102 Å². The molecule has 0 bridgehead atoms. The first-order chi connectivity index (χ1) is 14.6. The van der Waals surface area contributed by atoms with Crippen LogP contribution in [0.25, 0.3) is 11.3 Å². The SMILES string of the molecule is Cc1c(Cc2ccccc2Sc2ccccc2)cc(-c2ccncc2)n1CC(=O)O. The Kier molecular flexibility index (Phi) is 6.00. The fraction of sp³-hybridized carbons (Fsp3) is 0.120. The maximum atomic E-state index is 11.5. The van der Waals surface area contributed by atoms with Crippen molar-refractivity contribution in [3.63, 3.8) is 0 Å². The van der Waals surface area contributed by atoms with Gasteiger partial charge in [-0.2, -0.15) is 0 Å². The van der Waals surface area contributed by atoms with E-state index >= 15 is 0 Å². The molecular weight excluding hydrogens is 392 g/mol. The summed E-state index contributed by atoms with van der Waals surface area (Å²) in [4.78, 5) is 18.0. The number of aromatic nitrogens is 2. The van der Waals surface area contributed by atoms with Crippen LogP contribution in [-0.2, 0) is 17.8 Å². The zero-order chi connectivity index (χ0) is 20.9. The van der Waals surface area contributed by atoms with Gasteiger partial charge in [-0.1, -0.05) is 48.2 Å². The third-order valence-electron chi connectivity index (χ3n) is 5.07. The molecule has 4 nitrogen and oxygen atoms in total. The van der Waals surface area contributed by atoms with Crippen LogP contribution in [0.1, 0.15) is 16.8 Å². The molecule has 0 radical (unpaired) electrons. The molecule has 2 aromatic carbocycles. The molecule has 2 aromatic heterocycles. The van der Waals surface area contributed by atoms with E-state index < -0.39 is 5.97 Å². The van der Waals surface area contributed by atoms with Gasteiger partial charge >= 0.3 is 5.97 Å².